The number of carbonyl (C=O) groups excluding carboxylic acids is 1. The zero-order valence-corrected chi connectivity index (χ0v) is 16.0. The van der Waals surface area contributed by atoms with E-state index in [9.17, 15) is 4.79 Å². The SMILES string of the molecule is O=C(C=Cc1c(-c2ccccc2)nn2ccccc12)C12CCC(CCN1)CC2. The molecule has 0 atom stereocenters. The number of nitrogens with one attached hydrogen (secondary N) is 1. The summed E-state index contributed by atoms with van der Waals surface area (Å²) in [6, 6.07) is 16.2. The first-order valence-corrected chi connectivity index (χ1v) is 10.3. The van der Waals surface area contributed by atoms with Gasteiger partial charge in [0.25, 0.3) is 0 Å². The fourth-order valence-corrected chi connectivity index (χ4v) is 4.79. The summed E-state index contributed by atoms with van der Waals surface area (Å²) < 4.78 is 1.89. The molecule has 3 aliphatic rings. The molecular formula is C24H25N3O. The lowest BCUT2D eigenvalue weighted by molar-refractivity contribution is -0.121. The lowest BCUT2D eigenvalue weighted by atomic mass is 9.75. The largest absolute Gasteiger partial charge is 0.305 e. The summed E-state index contributed by atoms with van der Waals surface area (Å²) in [5, 5.41) is 8.35. The fraction of sp³-hybridized carbons (Fsp3) is 0.333. The third-order valence-electron chi connectivity index (χ3n) is 6.47. The van der Waals surface area contributed by atoms with Crippen LogP contribution in [0.15, 0.2) is 60.8 Å². The van der Waals surface area contributed by atoms with Crippen molar-refractivity contribution >= 4 is 17.4 Å². The van der Waals surface area contributed by atoms with Gasteiger partial charge in [-0.2, -0.15) is 5.10 Å². The topological polar surface area (TPSA) is 46.4 Å². The van der Waals surface area contributed by atoms with Crippen LogP contribution in [0, 0.1) is 5.92 Å². The van der Waals surface area contributed by atoms with Crippen molar-refractivity contribution < 1.29 is 4.79 Å². The predicted molar refractivity (Wildman–Crippen MR) is 112 cm³/mol. The summed E-state index contributed by atoms with van der Waals surface area (Å²) in [6.45, 7) is 0.955. The van der Waals surface area contributed by atoms with E-state index in [0.717, 1.165) is 47.6 Å². The monoisotopic (exact) mass is 371 g/mol. The van der Waals surface area contributed by atoms with Gasteiger partial charge in [-0.3, -0.25) is 4.79 Å². The van der Waals surface area contributed by atoms with Crippen molar-refractivity contribution in [3.8, 4) is 11.3 Å². The van der Waals surface area contributed by atoms with Gasteiger partial charge in [0, 0.05) is 17.3 Å². The highest BCUT2D eigenvalue weighted by Crippen LogP contribution is 2.38. The number of hydrogen-bond donors (Lipinski definition) is 1. The van der Waals surface area contributed by atoms with E-state index in [1.54, 1.807) is 6.08 Å². The first-order valence-electron chi connectivity index (χ1n) is 10.3. The normalized spacial score (nSPS) is 24.6. The molecule has 142 valence electrons. The van der Waals surface area contributed by atoms with Crippen LogP contribution in [0.5, 0.6) is 0 Å². The Morgan fingerprint density at radius 3 is 2.68 bits per heavy atom. The Bertz CT molecular complexity index is 1020. The molecule has 0 amide bonds. The number of aromatic nitrogens is 2. The van der Waals surface area contributed by atoms with Crippen molar-refractivity contribution in [2.75, 3.05) is 6.54 Å². The maximum atomic E-state index is 13.2. The fourth-order valence-electron chi connectivity index (χ4n) is 4.79. The van der Waals surface area contributed by atoms with Gasteiger partial charge in [-0.25, -0.2) is 4.52 Å². The molecule has 1 aliphatic carbocycles. The Balaban J connectivity index is 1.53. The van der Waals surface area contributed by atoms with Crippen LogP contribution in [0.4, 0.5) is 0 Å². The molecule has 2 aromatic heterocycles. The molecule has 28 heavy (non-hydrogen) atoms. The highest BCUT2D eigenvalue weighted by Gasteiger charge is 2.42. The van der Waals surface area contributed by atoms with Crippen molar-refractivity contribution in [2.45, 2.75) is 37.6 Å². The van der Waals surface area contributed by atoms with E-state index in [2.05, 4.69) is 23.5 Å². The molecule has 4 heteroatoms. The van der Waals surface area contributed by atoms with Crippen LogP contribution in [-0.4, -0.2) is 27.5 Å². The van der Waals surface area contributed by atoms with Crippen molar-refractivity contribution in [2.24, 2.45) is 5.92 Å². The number of hydrogen-bond acceptors (Lipinski definition) is 3. The lowest BCUT2D eigenvalue weighted by Gasteiger charge is -2.34. The number of ketones is 1. The first-order chi connectivity index (χ1) is 13.8. The van der Waals surface area contributed by atoms with Crippen molar-refractivity contribution in [3.05, 3.63) is 66.4 Å². The van der Waals surface area contributed by atoms with E-state index in [1.807, 2.05) is 47.1 Å². The molecule has 1 aromatic carbocycles. The Morgan fingerprint density at radius 2 is 1.86 bits per heavy atom. The van der Waals surface area contributed by atoms with E-state index in [4.69, 9.17) is 5.10 Å². The quantitative estimate of drug-likeness (QED) is 0.687. The van der Waals surface area contributed by atoms with E-state index in [1.165, 1.54) is 19.3 Å². The van der Waals surface area contributed by atoms with Crippen LogP contribution < -0.4 is 5.32 Å². The van der Waals surface area contributed by atoms with Crippen LogP contribution in [0.2, 0.25) is 0 Å². The minimum absolute atomic E-state index is 0.210. The molecule has 6 rings (SSSR count). The van der Waals surface area contributed by atoms with Crippen LogP contribution in [0.25, 0.3) is 22.9 Å². The minimum Gasteiger partial charge on any atom is -0.305 e. The van der Waals surface area contributed by atoms with Gasteiger partial charge < -0.3 is 5.32 Å². The number of benzene rings is 1. The Labute approximate surface area is 165 Å². The van der Waals surface area contributed by atoms with Crippen molar-refractivity contribution in [1.82, 2.24) is 14.9 Å². The maximum Gasteiger partial charge on any atom is 0.175 e. The summed E-state index contributed by atoms with van der Waals surface area (Å²) in [5.74, 6) is 1.01. The van der Waals surface area contributed by atoms with Crippen molar-refractivity contribution in [3.63, 3.8) is 0 Å². The second kappa shape index (κ2) is 7.02. The number of pyridine rings is 1. The van der Waals surface area contributed by atoms with Gasteiger partial charge in [0.2, 0.25) is 0 Å². The van der Waals surface area contributed by atoms with E-state index < -0.39 is 0 Å². The van der Waals surface area contributed by atoms with Crippen LogP contribution >= 0.6 is 0 Å². The molecule has 1 N–H and O–H groups in total. The number of fused-ring (bicyclic) bond motifs is 5. The standard InChI is InChI=1S/C24H25N3O/c28-22(24-14-11-18(12-15-24)13-16-25-24)10-9-20-21-8-4-5-17-27(21)26-23(20)19-6-2-1-3-7-19/h1-10,17-18,25H,11-16H2. The smallest absolute Gasteiger partial charge is 0.175 e. The van der Waals surface area contributed by atoms with Gasteiger partial charge in [0.05, 0.1) is 11.1 Å². The second-order valence-corrected chi connectivity index (χ2v) is 8.10. The lowest BCUT2D eigenvalue weighted by Crippen LogP contribution is -2.51. The summed E-state index contributed by atoms with van der Waals surface area (Å²) in [5.41, 5.74) is 3.62. The van der Waals surface area contributed by atoms with Crippen LogP contribution in [0.1, 0.15) is 37.7 Å². The van der Waals surface area contributed by atoms with E-state index >= 15 is 0 Å². The Hall–Kier alpha value is -2.72. The zero-order valence-electron chi connectivity index (χ0n) is 16.0. The summed E-state index contributed by atoms with van der Waals surface area (Å²) in [4.78, 5) is 13.2. The molecule has 2 saturated heterocycles. The summed E-state index contributed by atoms with van der Waals surface area (Å²) in [7, 11) is 0. The second-order valence-electron chi connectivity index (χ2n) is 8.10. The molecule has 0 spiro atoms. The molecular weight excluding hydrogens is 346 g/mol. The third-order valence-corrected chi connectivity index (χ3v) is 6.47. The molecule has 4 nitrogen and oxygen atoms in total. The van der Waals surface area contributed by atoms with Gasteiger partial charge >= 0.3 is 0 Å². The number of carbonyl (C=O) groups is 1. The van der Waals surface area contributed by atoms with Gasteiger partial charge in [-0.05, 0) is 68.9 Å². The molecule has 0 unspecified atom stereocenters. The first kappa shape index (κ1) is 17.4. The van der Waals surface area contributed by atoms with Gasteiger partial charge in [0.15, 0.2) is 5.78 Å². The van der Waals surface area contributed by atoms with E-state index in [0.29, 0.717) is 0 Å². The highest BCUT2D eigenvalue weighted by molar-refractivity contribution is 6.02. The van der Waals surface area contributed by atoms with Crippen LogP contribution in [0.3, 0.4) is 0 Å². The molecule has 4 heterocycles. The van der Waals surface area contributed by atoms with Gasteiger partial charge in [-0.15, -0.1) is 0 Å². The minimum atomic E-state index is -0.362. The van der Waals surface area contributed by atoms with Crippen molar-refractivity contribution in [1.29, 1.82) is 0 Å². The predicted octanol–water partition coefficient (Wildman–Crippen LogP) is 4.51. The average molecular weight is 371 g/mol. The molecule has 0 radical (unpaired) electrons. The Morgan fingerprint density at radius 1 is 1.07 bits per heavy atom. The summed E-state index contributed by atoms with van der Waals surface area (Å²) in [6.07, 6.45) is 11.2. The van der Waals surface area contributed by atoms with Gasteiger partial charge in [0.1, 0.15) is 5.69 Å². The molecule has 2 aliphatic heterocycles. The Kier molecular flexibility index (Phi) is 4.36. The molecule has 3 aromatic rings. The van der Waals surface area contributed by atoms with E-state index in [-0.39, 0.29) is 11.3 Å². The molecule has 2 bridgehead atoms. The van der Waals surface area contributed by atoms with Gasteiger partial charge in [-0.1, -0.05) is 36.4 Å². The maximum absolute atomic E-state index is 13.2. The van der Waals surface area contributed by atoms with Crippen LogP contribution in [-0.2, 0) is 4.79 Å². The number of rotatable bonds is 4. The third kappa shape index (κ3) is 2.98. The molecule has 3 fully saturated rings. The highest BCUT2D eigenvalue weighted by atomic mass is 16.1. The molecule has 1 saturated carbocycles. The zero-order chi connectivity index (χ0) is 19.0. The number of nitrogens with zero attached hydrogens (tertiary/aromatic N) is 2. The average Bonchev–Trinajstić information content (AvgIpc) is 2.87. The summed E-state index contributed by atoms with van der Waals surface area (Å²) >= 11 is 0.